The fourth-order valence-corrected chi connectivity index (χ4v) is 4.35. The first kappa shape index (κ1) is 14.8. The van der Waals surface area contributed by atoms with Gasteiger partial charge in [0.2, 0.25) is 10.0 Å². The van der Waals surface area contributed by atoms with Crippen LogP contribution in [0.3, 0.4) is 0 Å². The van der Waals surface area contributed by atoms with Gasteiger partial charge in [0.25, 0.3) is 0 Å². The lowest BCUT2D eigenvalue weighted by Gasteiger charge is -2.19. The Labute approximate surface area is 119 Å². The Kier molecular flexibility index (Phi) is 4.20. The standard InChI is InChI=1S/C13H18ClNO3S/c1-9-7-12(14)3-4-13(9)19(17,18)15-6-5-11(8-15)10(2)16/h3-4,7,10-11,16H,5-6,8H2,1-2H3. The van der Waals surface area contributed by atoms with Crippen molar-refractivity contribution in [3.63, 3.8) is 0 Å². The Bertz CT molecular complexity index is 571. The summed E-state index contributed by atoms with van der Waals surface area (Å²) in [6, 6.07) is 4.78. The Balaban J connectivity index is 2.29. The van der Waals surface area contributed by atoms with Crippen molar-refractivity contribution < 1.29 is 13.5 Å². The van der Waals surface area contributed by atoms with E-state index in [9.17, 15) is 13.5 Å². The average molecular weight is 304 g/mol. The lowest BCUT2D eigenvalue weighted by Crippen LogP contribution is -2.31. The van der Waals surface area contributed by atoms with E-state index in [4.69, 9.17) is 11.6 Å². The first-order valence-corrected chi connectivity index (χ1v) is 8.08. The molecule has 1 aromatic rings. The van der Waals surface area contributed by atoms with Gasteiger partial charge in [-0.25, -0.2) is 8.42 Å². The van der Waals surface area contributed by atoms with Crippen LogP contribution in [0.1, 0.15) is 18.9 Å². The summed E-state index contributed by atoms with van der Waals surface area (Å²) in [5.41, 5.74) is 0.646. The van der Waals surface area contributed by atoms with E-state index in [0.717, 1.165) is 0 Å². The van der Waals surface area contributed by atoms with Gasteiger partial charge in [0.05, 0.1) is 11.0 Å². The summed E-state index contributed by atoms with van der Waals surface area (Å²) in [5, 5.41) is 10.1. The summed E-state index contributed by atoms with van der Waals surface area (Å²) < 4.78 is 26.5. The van der Waals surface area contributed by atoms with Gasteiger partial charge in [-0.1, -0.05) is 11.6 Å². The van der Waals surface area contributed by atoms with Crippen LogP contribution in [0.2, 0.25) is 5.02 Å². The number of hydrogen-bond acceptors (Lipinski definition) is 3. The fourth-order valence-electron chi connectivity index (χ4n) is 2.41. The van der Waals surface area contributed by atoms with E-state index in [1.807, 2.05) is 0 Å². The molecule has 1 heterocycles. The van der Waals surface area contributed by atoms with E-state index in [0.29, 0.717) is 35.0 Å². The van der Waals surface area contributed by atoms with E-state index in [1.165, 1.54) is 4.31 Å². The van der Waals surface area contributed by atoms with Gasteiger partial charge in [0, 0.05) is 18.1 Å². The topological polar surface area (TPSA) is 57.6 Å². The molecule has 0 saturated carbocycles. The minimum absolute atomic E-state index is 0.0161. The maximum atomic E-state index is 12.5. The van der Waals surface area contributed by atoms with Crippen molar-refractivity contribution in [3.8, 4) is 0 Å². The Morgan fingerprint density at radius 1 is 1.47 bits per heavy atom. The number of rotatable bonds is 3. The number of aryl methyl sites for hydroxylation is 1. The lowest BCUT2D eigenvalue weighted by atomic mass is 10.0. The van der Waals surface area contributed by atoms with E-state index in [2.05, 4.69) is 0 Å². The van der Waals surface area contributed by atoms with Crippen LogP contribution in [0.15, 0.2) is 23.1 Å². The number of benzene rings is 1. The molecule has 1 aromatic carbocycles. The van der Waals surface area contributed by atoms with Crippen LogP contribution in [-0.4, -0.2) is 37.0 Å². The van der Waals surface area contributed by atoms with Crippen molar-refractivity contribution in [1.82, 2.24) is 4.31 Å². The highest BCUT2D eigenvalue weighted by molar-refractivity contribution is 7.89. The molecular weight excluding hydrogens is 286 g/mol. The van der Waals surface area contributed by atoms with Gasteiger partial charge < -0.3 is 5.11 Å². The molecule has 6 heteroatoms. The third-order valence-electron chi connectivity index (χ3n) is 3.62. The van der Waals surface area contributed by atoms with Crippen molar-refractivity contribution >= 4 is 21.6 Å². The van der Waals surface area contributed by atoms with Crippen LogP contribution in [0.25, 0.3) is 0 Å². The van der Waals surface area contributed by atoms with Crippen molar-refractivity contribution in [3.05, 3.63) is 28.8 Å². The maximum Gasteiger partial charge on any atom is 0.243 e. The summed E-state index contributed by atoms with van der Waals surface area (Å²) in [5.74, 6) is 0.0161. The zero-order chi connectivity index (χ0) is 14.2. The average Bonchev–Trinajstić information content (AvgIpc) is 2.78. The zero-order valence-corrected chi connectivity index (χ0v) is 12.6. The number of hydrogen-bond donors (Lipinski definition) is 1. The minimum Gasteiger partial charge on any atom is -0.393 e. The second-order valence-electron chi connectivity index (χ2n) is 5.06. The van der Waals surface area contributed by atoms with Gasteiger partial charge in [0.15, 0.2) is 0 Å². The molecule has 0 radical (unpaired) electrons. The molecule has 0 spiro atoms. The number of nitrogens with zero attached hydrogens (tertiary/aromatic N) is 1. The molecule has 19 heavy (non-hydrogen) atoms. The Hall–Kier alpha value is -0.620. The second kappa shape index (κ2) is 5.40. The molecule has 1 fully saturated rings. The van der Waals surface area contributed by atoms with Gasteiger partial charge >= 0.3 is 0 Å². The highest BCUT2D eigenvalue weighted by Crippen LogP contribution is 2.28. The van der Waals surface area contributed by atoms with Gasteiger partial charge in [-0.05, 0) is 49.9 Å². The smallest absolute Gasteiger partial charge is 0.243 e. The SMILES string of the molecule is Cc1cc(Cl)ccc1S(=O)(=O)N1CCC(C(C)O)C1. The van der Waals surface area contributed by atoms with Crippen molar-refractivity contribution in [1.29, 1.82) is 0 Å². The van der Waals surface area contributed by atoms with E-state index in [-0.39, 0.29) is 5.92 Å². The van der Waals surface area contributed by atoms with Gasteiger partial charge in [-0.3, -0.25) is 0 Å². The predicted molar refractivity (Wildman–Crippen MR) is 74.7 cm³/mol. The number of aliphatic hydroxyl groups excluding tert-OH is 1. The molecule has 1 N–H and O–H groups in total. The second-order valence-corrected chi connectivity index (χ2v) is 7.41. The number of halogens is 1. The van der Waals surface area contributed by atoms with E-state index >= 15 is 0 Å². The van der Waals surface area contributed by atoms with Gasteiger partial charge in [0.1, 0.15) is 0 Å². The van der Waals surface area contributed by atoms with Crippen LogP contribution in [0.5, 0.6) is 0 Å². The molecule has 1 saturated heterocycles. The number of sulfonamides is 1. The number of aliphatic hydroxyl groups is 1. The first-order valence-electron chi connectivity index (χ1n) is 6.26. The molecule has 2 unspecified atom stereocenters. The molecule has 0 aromatic heterocycles. The summed E-state index contributed by atoms with van der Waals surface area (Å²) in [7, 11) is -3.49. The molecular formula is C13H18ClNO3S. The van der Waals surface area contributed by atoms with Gasteiger partial charge in [-0.15, -0.1) is 0 Å². The summed E-state index contributed by atoms with van der Waals surface area (Å²) >= 11 is 5.85. The molecule has 2 atom stereocenters. The maximum absolute atomic E-state index is 12.5. The lowest BCUT2D eigenvalue weighted by molar-refractivity contribution is 0.133. The Morgan fingerprint density at radius 3 is 2.68 bits per heavy atom. The van der Waals surface area contributed by atoms with Crippen LogP contribution in [0, 0.1) is 12.8 Å². The monoisotopic (exact) mass is 303 g/mol. The van der Waals surface area contributed by atoms with Gasteiger partial charge in [-0.2, -0.15) is 4.31 Å². The van der Waals surface area contributed by atoms with Crippen LogP contribution < -0.4 is 0 Å². The molecule has 106 valence electrons. The first-order chi connectivity index (χ1) is 8.82. The zero-order valence-electron chi connectivity index (χ0n) is 11.0. The molecule has 1 aliphatic rings. The van der Waals surface area contributed by atoms with Crippen molar-refractivity contribution in [2.24, 2.45) is 5.92 Å². The van der Waals surface area contributed by atoms with E-state index in [1.54, 1.807) is 32.0 Å². The van der Waals surface area contributed by atoms with Crippen LogP contribution >= 0.6 is 11.6 Å². The molecule has 1 aliphatic heterocycles. The fraction of sp³-hybridized carbons (Fsp3) is 0.538. The van der Waals surface area contributed by atoms with Crippen LogP contribution in [-0.2, 0) is 10.0 Å². The van der Waals surface area contributed by atoms with Crippen molar-refractivity contribution in [2.45, 2.75) is 31.3 Å². The predicted octanol–water partition coefficient (Wildman–Crippen LogP) is 2.04. The third-order valence-corrected chi connectivity index (χ3v) is 5.88. The third kappa shape index (κ3) is 2.94. The molecule has 4 nitrogen and oxygen atoms in total. The van der Waals surface area contributed by atoms with Crippen LogP contribution in [0.4, 0.5) is 0 Å². The summed E-state index contributed by atoms with van der Waals surface area (Å²) in [4.78, 5) is 0.295. The summed E-state index contributed by atoms with van der Waals surface area (Å²) in [6.45, 7) is 4.28. The summed E-state index contributed by atoms with van der Waals surface area (Å²) in [6.07, 6.45) is 0.218. The highest BCUT2D eigenvalue weighted by atomic mass is 35.5. The molecule has 0 amide bonds. The minimum atomic E-state index is -3.49. The highest BCUT2D eigenvalue weighted by Gasteiger charge is 2.34. The molecule has 0 bridgehead atoms. The normalized spacial score (nSPS) is 22.6. The van der Waals surface area contributed by atoms with E-state index < -0.39 is 16.1 Å². The quantitative estimate of drug-likeness (QED) is 0.929. The molecule has 2 rings (SSSR count). The largest absolute Gasteiger partial charge is 0.393 e. The van der Waals surface area contributed by atoms with Crippen molar-refractivity contribution in [2.75, 3.05) is 13.1 Å². The molecule has 0 aliphatic carbocycles. The Morgan fingerprint density at radius 2 is 2.16 bits per heavy atom.